The average Bonchev–Trinajstić information content (AvgIpc) is 3.26. The first-order valence-electron chi connectivity index (χ1n) is 10.5. The Bertz CT molecular complexity index is 1050. The Labute approximate surface area is 180 Å². The lowest BCUT2D eigenvalue weighted by atomic mass is 9.89. The normalized spacial score (nSPS) is 16.7. The van der Waals surface area contributed by atoms with Gasteiger partial charge in [0.15, 0.2) is 10.8 Å². The topological polar surface area (TPSA) is 63.4 Å². The summed E-state index contributed by atoms with van der Waals surface area (Å²) in [6, 6.07) is 0. The summed E-state index contributed by atoms with van der Waals surface area (Å²) in [6.45, 7) is 12.1. The number of fused-ring (bicyclic) bond motifs is 5. The number of hydrogen-bond acceptors (Lipinski definition) is 6. The van der Waals surface area contributed by atoms with Crippen LogP contribution in [0.3, 0.4) is 0 Å². The van der Waals surface area contributed by atoms with Gasteiger partial charge in [-0.25, -0.2) is 4.98 Å². The zero-order valence-electron chi connectivity index (χ0n) is 17.9. The molecule has 29 heavy (non-hydrogen) atoms. The van der Waals surface area contributed by atoms with E-state index in [1.807, 2.05) is 30.1 Å². The molecule has 0 radical (unpaired) electrons. The Morgan fingerprint density at radius 1 is 1.31 bits per heavy atom. The molecule has 3 aromatic heterocycles. The van der Waals surface area contributed by atoms with Gasteiger partial charge in [0.2, 0.25) is 5.91 Å². The SMILES string of the molecule is CCN(CC)C(=O)CSc1nnc2c3c4c(sc3nc(C(C)C)n12)C[C@H](C)CC4. The first-order chi connectivity index (χ1) is 13.9. The van der Waals surface area contributed by atoms with E-state index in [0.717, 1.165) is 53.3 Å². The monoisotopic (exact) mass is 431 g/mol. The third-order valence-corrected chi connectivity index (χ3v) is 7.81. The average molecular weight is 432 g/mol. The molecule has 0 unspecified atom stereocenters. The summed E-state index contributed by atoms with van der Waals surface area (Å²) in [5.41, 5.74) is 2.32. The van der Waals surface area contributed by atoms with Crippen molar-refractivity contribution in [2.45, 2.75) is 65.0 Å². The minimum atomic E-state index is 0.138. The summed E-state index contributed by atoms with van der Waals surface area (Å²) < 4.78 is 2.10. The van der Waals surface area contributed by atoms with E-state index in [1.54, 1.807) is 0 Å². The molecule has 3 heterocycles. The van der Waals surface area contributed by atoms with Crippen LogP contribution in [0.5, 0.6) is 0 Å². The fourth-order valence-electron chi connectivity index (χ4n) is 4.11. The summed E-state index contributed by atoms with van der Waals surface area (Å²) in [5.74, 6) is 2.46. The Morgan fingerprint density at radius 2 is 2.07 bits per heavy atom. The number of carbonyl (C=O) groups is 1. The molecule has 0 saturated heterocycles. The van der Waals surface area contributed by atoms with Crippen LogP contribution >= 0.6 is 23.1 Å². The van der Waals surface area contributed by atoms with Gasteiger partial charge in [-0.15, -0.1) is 21.5 Å². The highest BCUT2D eigenvalue weighted by molar-refractivity contribution is 7.99. The standard InChI is InChI=1S/C21H29N5OS2/c1-6-25(7-2)16(27)11-28-21-24-23-19-17-14-9-8-13(5)10-15(14)29-20(17)22-18(12(3)4)26(19)21/h12-13H,6-11H2,1-5H3/t13-/m1/s1. The molecule has 1 atom stereocenters. The van der Waals surface area contributed by atoms with Gasteiger partial charge in [0.05, 0.1) is 11.1 Å². The molecule has 3 aromatic rings. The first-order valence-corrected chi connectivity index (χ1v) is 12.3. The summed E-state index contributed by atoms with van der Waals surface area (Å²) in [6.07, 6.45) is 3.43. The second-order valence-corrected chi connectivity index (χ2v) is 10.2. The maximum absolute atomic E-state index is 12.5. The molecule has 156 valence electrons. The second-order valence-electron chi connectivity index (χ2n) is 8.15. The van der Waals surface area contributed by atoms with E-state index in [0.29, 0.717) is 5.75 Å². The van der Waals surface area contributed by atoms with Gasteiger partial charge in [-0.05, 0) is 44.6 Å². The van der Waals surface area contributed by atoms with Crippen LogP contribution < -0.4 is 0 Å². The van der Waals surface area contributed by atoms with Gasteiger partial charge in [0, 0.05) is 23.9 Å². The predicted molar refractivity (Wildman–Crippen MR) is 120 cm³/mol. The van der Waals surface area contributed by atoms with Crippen molar-refractivity contribution in [2.75, 3.05) is 18.8 Å². The number of amides is 1. The van der Waals surface area contributed by atoms with Crippen molar-refractivity contribution in [3.63, 3.8) is 0 Å². The van der Waals surface area contributed by atoms with Crippen LogP contribution in [0.2, 0.25) is 0 Å². The number of aryl methyl sites for hydroxylation is 1. The summed E-state index contributed by atoms with van der Waals surface area (Å²) in [5, 5.41) is 11.0. The molecule has 0 spiro atoms. The molecule has 0 aliphatic heterocycles. The molecule has 4 rings (SSSR count). The number of aromatic nitrogens is 4. The molecule has 6 nitrogen and oxygen atoms in total. The van der Waals surface area contributed by atoms with Gasteiger partial charge in [-0.3, -0.25) is 9.20 Å². The van der Waals surface area contributed by atoms with Crippen LogP contribution in [0.15, 0.2) is 5.16 Å². The van der Waals surface area contributed by atoms with Crippen molar-refractivity contribution in [1.82, 2.24) is 24.5 Å². The van der Waals surface area contributed by atoms with Crippen molar-refractivity contribution < 1.29 is 4.79 Å². The lowest BCUT2D eigenvalue weighted by Gasteiger charge is -2.18. The maximum atomic E-state index is 12.5. The maximum Gasteiger partial charge on any atom is 0.233 e. The van der Waals surface area contributed by atoms with Gasteiger partial charge in [-0.2, -0.15) is 0 Å². The van der Waals surface area contributed by atoms with Crippen LogP contribution in [0, 0.1) is 5.92 Å². The fourth-order valence-corrected chi connectivity index (χ4v) is 6.34. The zero-order valence-corrected chi connectivity index (χ0v) is 19.5. The molecule has 0 N–H and O–H groups in total. The molecule has 1 amide bonds. The lowest BCUT2D eigenvalue weighted by molar-refractivity contribution is -0.127. The number of thioether (sulfide) groups is 1. The number of hydrogen-bond donors (Lipinski definition) is 0. The molecule has 0 aromatic carbocycles. The van der Waals surface area contributed by atoms with Crippen LogP contribution in [-0.4, -0.2) is 49.2 Å². The van der Waals surface area contributed by atoms with Crippen molar-refractivity contribution in [3.8, 4) is 0 Å². The third-order valence-electron chi connectivity index (χ3n) is 5.75. The molecule has 0 bridgehead atoms. The predicted octanol–water partition coefficient (Wildman–Crippen LogP) is 4.55. The van der Waals surface area contributed by atoms with E-state index in [4.69, 9.17) is 4.98 Å². The molecule has 1 aliphatic carbocycles. The number of carbonyl (C=O) groups excluding carboxylic acids is 1. The van der Waals surface area contributed by atoms with Gasteiger partial charge < -0.3 is 4.90 Å². The number of nitrogens with zero attached hydrogens (tertiary/aromatic N) is 5. The Morgan fingerprint density at radius 3 is 2.76 bits per heavy atom. The summed E-state index contributed by atoms with van der Waals surface area (Å²) in [4.78, 5) is 21.9. The molecule has 8 heteroatoms. The van der Waals surface area contributed by atoms with Crippen LogP contribution in [0.25, 0.3) is 15.9 Å². The van der Waals surface area contributed by atoms with E-state index in [9.17, 15) is 4.79 Å². The number of thiophene rings is 1. The molecule has 0 saturated carbocycles. The largest absolute Gasteiger partial charge is 0.343 e. The smallest absolute Gasteiger partial charge is 0.233 e. The minimum Gasteiger partial charge on any atom is -0.343 e. The van der Waals surface area contributed by atoms with Crippen molar-refractivity contribution in [3.05, 3.63) is 16.3 Å². The van der Waals surface area contributed by atoms with Crippen molar-refractivity contribution in [2.24, 2.45) is 5.92 Å². The second kappa shape index (κ2) is 8.22. The van der Waals surface area contributed by atoms with Gasteiger partial charge in [0.25, 0.3) is 0 Å². The van der Waals surface area contributed by atoms with E-state index in [2.05, 4.69) is 35.4 Å². The van der Waals surface area contributed by atoms with Crippen LogP contribution in [0.1, 0.15) is 63.2 Å². The summed E-state index contributed by atoms with van der Waals surface area (Å²) >= 11 is 3.29. The molecular formula is C21H29N5OS2. The highest BCUT2D eigenvalue weighted by Gasteiger charge is 2.26. The van der Waals surface area contributed by atoms with Gasteiger partial charge in [0.1, 0.15) is 10.7 Å². The zero-order chi connectivity index (χ0) is 20.7. The van der Waals surface area contributed by atoms with E-state index < -0.39 is 0 Å². The Kier molecular flexibility index (Phi) is 5.84. The van der Waals surface area contributed by atoms with Gasteiger partial charge >= 0.3 is 0 Å². The molecule has 1 aliphatic rings. The summed E-state index contributed by atoms with van der Waals surface area (Å²) in [7, 11) is 0. The third kappa shape index (κ3) is 3.65. The van der Waals surface area contributed by atoms with E-state index in [1.165, 1.54) is 34.0 Å². The van der Waals surface area contributed by atoms with Crippen LogP contribution in [-0.2, 0) is 17.6 Å². The highest BCUT2D eigenvalue weighted by Crippen LogP contribution is 2.40. The molecule has 0 fully saturated rings. The van der Waals surface area contributed by atoms with Crippen molar-refractivity contribution >= 4 is 44.9 Å². The van der Waals surface area contributed by atoms with E-state index >= 15 is 0 Å². The minimum absolute atomic E-state index is 0.138. The Hall–Kier alpha value is -1.67. The lowest BCUT2D eigenvalue weighted by Crippen LogP contribution is -2.31. The fraction of sp³-hybridized carbons (Fsp3) is 0.619. The van der Waals surface area contributed by atoms with Gasteiger partial charge in [-0.1, -0.05) is 32.5 Å². The molecular weight excluding hydrogens is 402 g/mol. The van der Waals surface area contributed by atoms with E-state index in [-0.39, 0.29) is 11.8 Å². The first kappa shape index (κ1) is 20.6. The number of rotatable bonds is 6. The van der Waals surface area contributed by atoms with Crippen molar-refractivity contribution in [1.29, 1.82) is 0 Å². The quantitative estimate of drug-likeness (QED) is 0.536. The highest BCUT2D eigenvalue weighted by atomic mass is 32.2. The Balaban J connectivity index is 1.79. The van der Waals surface area contributed by atoms with Crippen LogP contribution in [0.4, 0.5) is 0 Å².